The number of nitrogens with zero attached hydrogens (tertiary/aromatic N) is 1. The van der Waals surface area contributed by atoms with Crippen LogP contribution in [0.3, 0.4) is 0 Å². The van der Waals surface area contributed by atoms with E-state index in [2.05, 4.69) is 81.7 Å². The molecular formula is C25H27N. The Morgan fingerprint density at radius 3 is 2.38 bits per heavy atom. The zero-order chi connectivity index (χ0) is 18.8. The first-order valence-electron chi connectivity index (χ1n) is 9.29. The maximum atomic E-state index is 4.61. The molecule has 0 saturated heterocycles. The molecule has 0 amide bonds. The van der Waals surface area contributed by atoms with E-state index in [1.165, 1.54) is 44.5 Å². The van der Waals surface area contributed by atoms with Crippen LogP contribution in [-0.4, -0.2) is 5.71 Å². The van der Waals surface area contributed by atoms with E-state index in [-0.39, 0.29) is 0 Å². The Morgan fingerprint density at radius 1 is 1.04 bits per heavy atom. The molecule has 0 saturated carbocycles. The van der Waals surface area contributed by atoms with Crippen LogP contribution in [0.4, 0.5) is 0 Å². The third-order valence-corrected chi connectivity index (χ3v) is 5.29. The van der Waals surface area contributed by atoms with Crippen molar-refractivity contribution in [2.24, 2.45) is 4.99 Å². The summed E-state index contributed by atoms with van der Waals surface area (Å²) < 4.78 is 0. The monoisotopic (exact) mass is 341 g/mol. The van der Waals surface area contributed by atoms with Crippen molar-refractivity contribution in [3.05, 3.63) is 83.1 Å². The van der Waals surface area contributed by atoms with Gasteiger partial charge in [-0.1, -0.05) is 56.0 Å². The Morgan fingerprint density at radius 2 is 1.69 bits per heavy atom. The molecule has 0 spiro atoms. The smallest absolute Gasteiger partial charge is 0.0398 e. The molecule has 1 aliphatic carbocycles. The molecule has 0 N–H and O–H groups in total. The molecule has 0 radical (unpaired) electrons. The lowest BCUT2D eigenvalue weighted by molar-refractivity contribution is 1.17. The van der Waals surface area contributed by atoms with Gasteiger partial charge < -0.3 is 0 Å². The van der Waals surface area contributed by atoms with Crippen LogP contribution in [0.25, 0.3) is 22.3 Å². The molecule has 0 aliphatic heterocycles. The maximum absolute atomic E-state index is 4.61. The van der Waals surface area contributed by atoms with E-state index < -0.39 is 0 Å². The number of hydrogen-bond acceptors (Lipinski definition) is 1. The Bertz CT molecular complexity index is 968. The standard InChI is InChI=1S/C25H27N/c1-7-16(3)19(6)26-15-17(4)21-11-9-12-22(18(21)5)24-14-10-13-23-20(8-2)25(23)24/h8-15H,3,7H2,1-2,4-6H3/b17-15+,20-8+,26-19-. The van der Waals surface area contributed by atoms with Crippen LogP contribution < -0.4 is 0 Å². The molecule has 3 rings (SSSR count). The Hall–Kier alpha value is -2.67. The van der Waals surface area contributed by atoms with E-state index in [1.807, 2.05) is 13.1 Å². The molecule has 0 bridgehead atoms. The summed E-state index contributed by atoms with van der Waals surface area (Å²) in [7, 11) is 0. The summed E-state index contributed by atoms with van der Waals surface area (Å²) in [6.45, 7) is 14.6. The average molecular weight is 341 g/mol. The van der Waals surface area contributed by atoms with Crippen molar-refractivity contribution in [2.75, 3.05) is 0 Å². The Labute approximate surface area is 157 Å². The topological polar surface area (TPSA) is 12.4 Å². The second-order valence-electron chi connectivity index (χ2n) is 6.89. The molecule has 0 atom stereocenters. The fraction of sp³-hybridized carbons (Fsp3) is 0.240. The number of benzene rings is 2. The van der Waals surface area contributed by atoms with Gasteiger partial charge in [0.1, 0.15) is 0 Å². The van der Waals surface area contributed by atoms with Crippen LogP contribution in [0.2, 0.25) is 0 Å². The van der Waals surface area contributed by atoms with Gasteiger partial charge in [-0.3, -0.25) is 4.99 Å². The molecule has 0 fully saturated rings. The largest absolute Gasteiger partial charge is 0.261 e. The second kappa shape index (κ2) is 7.29. The van der Waals surface area contributed by atoms with Gasteiger partial charge in [0.2, 0.25) is 0 Å². The summed E-state index contributed by atoms with van der Waals surface area (Å²) in [5, 5.41) is 0. The van der Waals surface area contributed by atoms with E-state index in [4.69, 9.17) is 0 Å². The van der Waals surface area contributed by atoms with E-state index in [0.29, 0.717) is 0 Å². The minimum absolute atomic E-state index is 0.934. The molecule has 1 nitrogen and oxygen atoms in total. The first-order chi connectivity index (χ1) is 12.5. The van der Waals surface area contributed by atoms with Gasteiger partial charge in [0, 0.05) is 11.9 Å². The van der Waals surface area contributed by atoms with Crippen molar-refractivity contribution in [1.82, 2.24) is 0 Å². The third kappa shape index (κ3) is 3.22. The lowest BCUT2D eigenvalue weighted by Crippen LogP contribution is -1.94. The zero-order valence-electron chi connectivity index (χ0n) is 16.5. The van der Waals surface area contributed by atoms with Gasteiger partial charge in [0.05, 0.1) is 0 Å². The fourth-order valence-electron chi connectivity index (χ4n) is 3.49. The Kier molecular flexibility index (Phi) is 5.08. The zero-order valence-corrected chi connectivity index (χ0v) is 16.5. The summed E-state index contributed by atoms with van der Waals surface area (Å²) in [4.78, 5) is 4.61. The number of rotatable bonds is 5. The molecule has 2 aromatic carbocycles. The molecule has 0 heterocycles. The number of fused-ring (bicyclic) bond motifs is 1. The van der Waals surface area contributed by atoms with Gasteiger partial charge in [-0.05, 0) is 84.2 Å². The lowest BCUT2D eigenvalue weighted by atomic mass is 9.93. The summed E-state index contributed by atoms with van der Waals surface area (Å²) >= 11 is 0. The van der Waals surface area contributed by atoms with Gasteiger partial charge in [0.25, 0.3) is 0 Å². The van der Waals surface area contributed by atoms with E-state index in [1.54, 1.807) is 0 Å². The maximum Gasteiger partial charge on any atom is 0.0398 e. The van der Waals surface area contributed by atoms with Gasteiger partial charge in [-0.25, -0.2) is 0 Å². The van der Waals surface area contributed by atoms with Gasteiger partial charge in [0.15, 0.2) is 0 Å². The molecule has 2 aromatic rings. The Balaban J connectivity index is 2.01. The molecule has 26 heavy (non-hydrogen) atoms. The van der Waals surface area contributed by atoms with Crippen LogP contribution in [0.1, 0.15) is 56.4 Å². The van der Waals surface area contributed by atoms with Crippen molar-refractivity contribution in [3.63, 3.8) is 0 Å². The van der Waals surface area contributed by atoms with E-state index in [0.717, 1.165) is 17.7 Å². The minimum Gasteiger partial charge on any atom is -0.261 e. The van der Waals surface area contributed by atoms with Crippen LogP contribution in [0.15, 0.2) is 65.8 Å². The summed E-state index contributed by atoms with van der Waals surface area (Å²) in [6.07, 6.45) is 5.11. The van der Waals surface area contributed by atoms with Gasteiger partial charge >= 0.3 is 0 Å². The predicted octanol–water partition coefficient (Wildman–Crippen LogP) is 7.21. The van der Waals surface area contributed by atoms with Gasteiger partial charge in [-0.2, -0.15) is 0 Å². The van der Waals surface area contributed by atoms with Crippen molar-refractivity contribution in [2.45, 2.75) is 41.0 Å². The third-order valence-electron chi connectivity index (χ3n) is 5.29. The molecule has 0 unspecified atom stereocenters. The second-order valence-corrected chi connectivity index (χ2v) is 6.89. The van der Waals surface area contributed by atoms with E-state index in [9.17, 15) is 0 Å². The molecule has 0 aromatic heterocycles. The quantitative estimate of drug-likeness (QED) is 0.435. The van der Waals surface area contributed by atoms with E-state index >= 15 is 0 Å². The van der Waals surface area contributed by atoms with Crippen LogP contribution >= 0.6 is 0 Å². The molecular weight excluding hydrogens is 314 g/mol. The molecule has 1 aliphatic rings. The predicted molar refractivity (Wildman–Crippen MR) is 116 cm³/mol. The summed E-state index contributed by atoms with van der Waals surface area (Å²) in [6, 6.07) is 13.1. The van der Waals surface area contributed by atoms with Crippen molar-refractivity contribution >= 4 is 16.9 Å². The fourth-order valence-corrected chi connectivity index (χ4v) is 3.49. The highest BCUT2D eigenvalue weighted by molar-refractivity contribution is 6.07. The van der Waals surface area contributed by atoms with Crippen LogP contribution in [-0.2, 0) is 0 Å². The van der Waals surface area contributed by atoms with Crippen LogP contribution in [0, 0.1) is 6.92 Å². The number of hydrogen-bond donors (Lipinski definition) is 0. The molecule has 132 valence electrons. The number of aliphatic imine (C=N–C) groups is 1. The number of allylic oxidation sites excluding steroid dienone is 3. The first-order valence-corrected chi connectivity index (χ1v) is 9.29. The summed E-state index contributed by atoms with van der Waals surface area (Å²) in [5.41, 5.74) is 12.7. The SMILES string of the molecule is C=C(CC)/C(C)=N\C=C(/C)c1cccc(-c2cccc3c2/C3=C/C)c1C. The lowest BCUT2D eigenvalue weighted by Gasteiger charge is -2.12. The van der Waals surface area contributed by atoms with Gasteiger partial charge in [-0.15, -0.1) is 0 Å². The van der Waals surface area contributed by atoms with Crippen molar-refractivity contribution < 1.29 is 0 Å². The highest BCUT2D eigenvalue weighted by atomic mass is 14.7. The van der Waals surface area contributed by atoms with Crippen molar-refractivity contribution in [3.8, 4) is 11.1 Å². The average Bonchev–Trinajstić information content (AvgIpc) is 3.39. The van der Waals surface area contributed by atoms with Crippen LogP contribution in [0.5, 0.6) is 0 Å². The summed E-state index contributed by atoms with van der Waals surface area (Å²) in [5.74, 6) is 0. The molecule has 1 heteroatoms. The van der Waals surface area contributed by atoms with Crippen molar-refractivity contribution in [1.29, 1.82) is 0 Å². The minimum atomic E-state index is 0.934. The highest BCUT2D eigenvalue weighted by Crippen LogP contribution is 2.49. The normalized spacial score (nSPS) is 15.2. The highest BCUT2D eigenvalue weighted by Gasteiger charge is 2.28. The first kappa shape index (κ1) is 18.1.